The van der Waals surface area contributed by atoms with E-state index in [1.807, 2.05) is 0 Å². The van der Waals surface area contributed by atoms with Gasteiger partial charge in [0.2, 0.25) is 0 Å². The highest BCUT2D eigenvalue weighted by atomic mass is 32.2. The molecule has 21 heavy (non-hydrogen) atoms. The molecule has 0 saturated carbocycles. The van der Waals surface area contributed by atoms with Gasteiger partial charge in [-0.2, -0.15) is 0 Å². The summed E-state index contributed by atoms with van der Waals surface area (Å²) >= 11 is 1.24. The summed E-state index contributed by atoms with van der Waals surface area (Å²) in [5.74, 6) is -0.716. The highest BCUT2D eigenvalue weighted by Gasteiger charge is 2.10. The summed E-state index contributed by atoms with van der Waals surface area (Å²) in [5.41, 5.74) is 0.286. The Balaban J connectivity index is 2.00. The minimum absolute atomic E-state index is 0.00543. The monoisotopic (exact) mass is 305 g/mol. The van der Waals surface area contributed by atoms with Crippen LogP contribution in [0.5, 0.6) is 11.5 Å². The van der Waals surface area contributed by atoms with Crippen LogP contribution in [-0.4, -0.2) is 26.7 Å². The summed E-state index contributed by atoms with van der Waals surface area (Å²) < 4.78 is 0. The molecule has 0 fully saturated rings. The number of Topliss-reactive ketones (excluding diaryl/α,β-unsaturated/α-hetero) is 1. The maximum atomic E-state index is 11.9. The van der Waals surface area contributed by atoms with Gasteiger partial charge in [-0.15, -0.1) is 11.8 Å². The van der Waals surface area contributed by atoms with Crippen LogP contribution in [0.4, 0.5) is 5.69 Å². The van der Waals surface area contributed by atoms with E-state index < -0.39 is 4.92 Å². The molecule has 2 aromatic rings. The Hall–Kier alpha value is -2.54. The number of benzene rings is 2. The lowest BCUT2D eigenvalue weighted by molar-refractivity contribution is -0.384. The average molecular weight is 305 g/mol. The van der Waals surface area contributed by atoms with Gasteiger partial charge in [0.1, 0.15) is 0 Å². The standard InChI is InChI=1S/C14H11NO5S/c16-12-6-1-9(7-13(12)17)14(18)8-21-11-4-2-10(3-5-11)15(19)20/h1-7,16-17H,8H2. The molecule has 0 saturated heterocycles. The second-order valence-corrected chi connectivity index (χ2v) is 5.22. The minimum atomic E-state index is -0.487. The average Bonchev–Trinajstić information content (AvgIpc) is 2.48. The lowest BCUT2D eigenvalue weighted by atomic mass is 10.1. The van der Waals surface area contributed by atoms with Gasteiger partial charge in [-0.1, -0.05) is 0 Å². The summed E-state index contributed by atoms with van der Waals surface area (Å²) in [6.07, 6.45) is 0. The molecular formula is C14H11NO5S. The zero-order valence-corrected chi connectivity index (χ0v) is 11.5. The first kappa shape index (κ1) is 14.9. The first-order valence-electron chi connectivity index (χ1n) is 5.90. The molecule has 108 valence electrons. The van der Waals surface area contributed by atoms with Crippen LogP contribution in [0.2, 0.25) is 0 Å². The maximum Gasteiger partial charge on any atom is 0.269 e. The van der Waals surface area contributed by atoms with Crippen LogP contribution in [0.15, 0.2) is 47.4 Å². The summed E-state index contributed by atoms with van der Waals surface area (Å²) in [5, 5.41) is 29.0. The smallest absolute Gasteiger partial charge is 0.269 e. The fourth-order valence-electron chi connectivity index (χ4n) is 1.59. The van der Waals surface area contributed by atoms with Crippen LogP contribution in [0.1, 0.15) is 10.4 Å². The molecule has 7 heteroatoms. The largest absolute Gasteiger partial charge is 0.504 e. The zero-order chi connectivity index (χ0) is 15.4. The lowest BCUT2D eigenvalue weighted by Gasteiger charge is -2.03. The van der Waals surface area contributed by atoms with E-state index in [-0.39, 0.29) is 28.7 Å². The van der Waals surface area contributed by atoms with Gasteiger partial charge in [-0.3, -0.25) is 14.9 Å². The second kappa shape index (κ2) is 6.27. The summed E-state index contributed by atoms with van der Waals surface area (Å²) in [6, 6.07) is 9.77. The number of thioether (sulfide) groups is 1. The van der Waals surface area contributed by atoms with Gasteiger partial charge in [-0.25, -0.2) is 0 Å². The third-order valence-electron chi connectivity index (χ3n) is 2.71. The summed E-state index contributed by atoms with van der Waals surface area (Å²) in [7, 11) is 0. The van der Waals surface area contributed by atoms with Crippen LogP contribution in [0.3, 0.4) is 0 Å². The number of hydrogen-bond donors (Lipinski definition) is 2. The quantitative estimate of drug-likeness (QED) is 0.289. The zero-order valence-electron chi connectivity index (χ0n) is 10.7. The number of rotatable bonds is 5. The summed E-state index contributed by atoms with van der Waals surface area (Å²) in [6.45, 7) is 0. The van der Waals surface area contributed by atoms with Gasteiger partial charge in [-0.05, 0) is 30.3 Å². The molecule has 0 bridgehead atoms. The highest BCUT2D eigenvalue weighted by Crippen LogP contribution is 2.27. The van der Waals surface area contributed by atoms with Crippen LogP contribution >= 0.6 is 11.8 Å². The Morgan fingerprint density at radius 3 is 2.33 bits per heavy atom. The van der Waals surface area contributed by atoms with Gasteiger partial charge < -0.3 is 10.2 Å². The number of phenolic OH excluding ortho intramolecular Hbond substituents is 2. The summed E-state index contributed by atoms with van der Waals surface area (Å²) in [4.78, 5) is 22.7. The number of phenols is 2. The predicted octanol–water partition coefficient (Wildman–Crippen LogP) is 2.98. The number of carbonyl (C=O) groups excluding carboxylic acids is 1. The number of ketones is 1. The Morgan fingerprint density at radius 1 is 1.10 bits per heavy atom. The number of nitrogens with zero attached hydrogens (tertiary/aromatic N) is 1. The van der Waals surface area contributed by atoms with Crippen molar-refractivity contribution < 1.29 is 19.9 Å². The van der Waals surface area contributed by atoms with E-state index in [1.165, 1.54) is 42.1 Å². The maximum absolute atomic E-state index is 11.9. The van der Waals surface area contributed by atoms with Crippen molar-refractivity contribution >= 4 is 23.2 Å². The first-order valence-corrected chi connectivity index (χ1v) is 6.88. The first-order chi connectivity index (χ1) is 9.97. The van der Waals surface area contributed by atoms with E-state index in [4.69, 9.17) is 0 Å². The number of nitro groups is 1. The van der Waals surface area contributed by atoms with Crippen molar-refractivity contribution in [3.63, 3.8) is 0 Å². The second-order valence-electron chi connectivity index (χ2n) is 4.17. The molecule has 0 aliphatic carbocycles. The predicted molar refractivity (Wildman–Crippen MR) is 77.9 cm³/mol. The fourth-order valence-corrected chi connectivity index (χ4v) is 2.39. The van der Waals surface area contributed by atoms with Gasteiger partial charge in [0.05, 0.1) is 10.7 Å². The van der Waals surface area contributed by atoms with Crippen LogP contribution in [-0.2, 0) is 0 Å². The van der Waals surface area contributed by atoms with Gasteiger partial charge >= 0.3 is 0 Å². The van der Waals surface area contributed by atoms with Crippen LogP contribution in [0.25, 0.3) is 0 Å². The molecule has 0 spiro atoms. The molecule has 0 radical (unpaired) electrons. The molecule has 2 N–H and O–H groups in total. The van der Waals surface area contributed by atoms with Crippen LogP contribution in [0, 0.1) is 10.1 Å². The number of hydrogen-bond acceptors (Lipinski definition) is 6. The third kappa shape index (κ3) is 3.73. The van der Waals surface area contributed by atoms with Crippen molar-refractivity contribution in [2.45, 2.75) is 4.90 Å². The van der Waals surface area contributed by atoms with Gasteiger partial charge in [0.25, 0.3) is 5.69 Å². The van der Waals surface area contributed by atoms with E-state index >= 15 is 0 Å². The minimum Gasteiger partial charge on any atom is -0.504 e. The van der Waals surface area contributed by atoms with Gasteiger partial charge in [0.15, 0.2) is 17.3 Å². The van der Waals surface area contributed by atoms with E-state index in [0.717, 1.165) is 4.90 Å². The molecule has 2 aromatic carbocycles. The number of carbonyl (C=O) groups is 1. The molecule has 0 aromatic heterocycles. The number of non-ortho nitro benzene ring substituents is 1. The SMILES string of the molecule is O=C(CSc1ccc([N+](=O)[O-])cc1)c1ccc(O)c(O)c1. The van der Waals surface area contributed by atoms with Crippen molar-refractivity contribution in [3.05, 3.63) is 58.1 Å². The third-order valence-corrected chi connectivity index (χ3v) is 3.73. The van der Waals surface area contributed by atoms with Gasteiger partial charge in [0, 0.05) is 22.6 Å². The molecular weight excluding hydrogens is 294 g/mol. The Kier molecular flexibility index (Phi) is 4.44. The Morgan fingerprint density at radius 2 is 1.76 bits per heavy atom. The molecule has 0 unspecified atom stereocenters. The van der Waals surface area contributed by atoms with E-state index in [1.54, 1.807) is 12.1 Å². The normalized spacial score (nSPS) is 10.3. The van der Waals surface area contributed by atoms with Crippen molar-refractivity contribution in [1.82, 2.24) is 0 Å². The number of nitro benzene ring substituents is 1. The number of aromatic hydroxyl groups is 2. The fraction of sp³-hybridized carbons (Fsp3) is 0.0714. The topological polar surface area (TPSA) is 101 Å². The van der Waals surface area contributed by atoms with Crippen molar-refractivity contribution in [2.24, 2.45) is 0 Å². The molecule has 0 aliphatic heterocycles. The van der Waals surface area contributed by atoms with E-state index in [9.17, 15) is 25.1 Å². The van der Waals surface area contributed by atoms with Crippen molar-refractivity contribution in [3.8, 4) is 11.5 Å². The molecule has 0 heterocycles. The molecule has 6 nitrogen and oxygen atoms in total. The Bertz CT molecular complexity index is 684. The Labute approximate surface area is 124 Å². The molecule has 0 amide bonds. The lowest BCUT2D eigenvalue weighted by Crippen LogP contribution is -2.01. The van der Waals surface area contributed by atoms with Crippen molar-refractivity contribution in [2.75, 3.05) is 5.75 Å². The van der Waals surface area contributed by atoms with E-state index in [2.05, 4.69) is 0 Å². The van der Waals surface area contributed by atoms with E-state index in [0.29, 0.717) is 5.56 Å². The molecule has 2 rings (SSSR count). The molecule has 0 atom stereocenters. The molecule has 0 aliphatic rings. The van der Waals surface area contributed by atoms with Crippen LogP contribution < -0.4 is 0 Å². The highest BCUT2D eigenvalue weighted by molar-refractivity contribution is 8.00. The van der Waals surface area contributed by atoms with Crippen molar-refractivity contribution in [1.29, 1.82) is 0 Å².